The molecule has 4 aromatic carbocycles. The van der Waals surface area contributed by atoms with Gasteiger partial charge in [-0.05, 0) is 67.1 Å². The van der Waals surface area contributed by atoms with Gasteiger partial charge in [0.2, 0.25) is 0 Å². The third-order valence-corrected chi connectivity index (χ3v) is 6.05. The lowest BCUT2D eigenvalue weighted by molar-refractivity contribution is -0.123. The smallest absolute Gasteiger partial charge is 0.261 e. The van der Waals surface area contributed by atoms with E-state index in [1.165, 1.54) is 0 Å². The number of nitrogens with zero attached hydrogens (tertiary/aromatic N) is 1. The van der Waals surface area contributed by atoms with Gasteiger partial charge in [-0.25, -0.2) is 0 Å². The number of hydrogen-bond acceptors (Lipinski definition) is 5. The van der Waals surface area contributed by atoms with Crippen LogP contribution in [0.4, 0.5) is 17.1 Å². The molecule has 0 aliphatic heterocycles. The normalized spacial score (nSPS) is 11.1. The molecule has 3 N–H and O–H groups in total. The van der Waals surface area contributed by atoms with Crippen molar-refractivity contribution in [3.8, 4) is 5.75 Å². The molecule has 3 amide bonds. The van der Waals surface area contributed by atoms with Crippen LogP contribution in [0.5, 0.6) is 5.75 Å². The molecule has 0 aromatic heterocycles. The van der Waals surface area contributed by atoms with Crippen LogP contribution in [-0.4, -0.2) is 30.9 Å². The minimum absolute atomic E-state index is 0.244. The van der Waals surface area contributed by atoms with Crippen molar-refractivity contribution in [2.75, 3.05) is 17.4 Å². The topological polar surface area (TPSA) is 99.8 Å². The Morgan fingerprint density at radius 2 is 1.31 bits per heavy atom. The molecule has 198 valence electrons. The summed E-state index contributed by atoms with van der Waals surface area (Å²) in [7, 11) is 1.55. The van der Waals surface area contributed by atoms with Crippen molar-refractivity contribution in [3.05, 3.63) is 120 Å². The number of carbonyl (C=O) groups excluding carboxylic acids is 3. The fraction of sp³-hybridized carbons (Fsp3) is 0.129. The van der Waals surface area contributed by atoms with Gasteiger partial charge in [-0.1, -0.05) is 55.5 Å². The molecule has 0 spiro atoms. The monoisotopic (exact) mass is 522 g/mol. The molecule has 1 atom stereocenters. The second kappa shape index (κ2) is 12.9. The van der Waals surface area contributed by atoms with Crippen molar-refractivity contribution in [1.29, 1.82) is 0 Å². The third-order valence-electron chi connectivity index (χ3n) is 6.05. The Morgan fingerprint density at radius 1 is 0.744 bits per heavy atom. The number of hydrogen-bond donors (Lipinski definition) is 3. The Balaban J connectivity index is 1.49. The highest BCUT2D eigenvalue weighted by Crippen LogP contribution is 2.23. The summed E-state index contributed by atoms with van der Waals surface area (Å²) >= 11 is 0. The molecule has 8 heteroatoms. The van der Waals surface area contributed by atoms with Crippen LogP contribution in [0.15, 0.2) is 109 Å². The number of methoxy groups -OCH3 is 1. The summed E-state index contributed by atoms with van der Waals surface area (Å²) in [6.07, 6.45) is 0.357. The molecule has 0 radical (unpaired) electrons. The summed E-state index contributed by atoms with van der Waals surface area (Å²) in [6, 6.07) is 31.4. The fourth-order valence-electron chi connectivity index (χ4n) is 3.94. The standard InChI is InChI=1S/C31H30N4O4/c1-3-27(31(38)34-35(23-12-6-4-7-13-23)24-14-8-5-9-15-24)32-30(37)26-16-10-11-17-28(26)33-29(36)22-18-20-25(39-2)21-19-22/h4-21,27H,3H2,1-2H3,(H,32,37)(H,33,36)(H,34,38)/t27-/m1/s1. The van der Waals surface area contributed by atoms with Crippen molar-refractivity contribution in [3.63, 3.8) is 0 Å². The number of para-hydroxylation sites is 3. The van der Waals surface area contributed by atoms with E-state index in [0.717, 1.165) is 11.4 Å². The van der Waals surface area contributed by atoms with Gasteiger partial charge >= 0.3 is 0 Å². The highest BCUT2D eigenvalue weighted by Gasteiger charge is 2.24. The molecule has 0 aliphatic carbocycles. The van der Waals surface area contributed by atoms with Gasteiger partial charge in [0.25, 0.3) is 17.7 Å². The number of hydrazine groups is 1. The van der Waals surface area contributed by atoms with Crippen LogP contribution in [0.25, 0.3) is 0 Å². The summed E-state index contributed by atoms with van der Waals surface area (Å²) < 4.78 is 5.14. The van der Waals surface area contributed by atoms with Crippen molar-refractivity contribution >= 4 is 34.8 Å². The van der Waals surface area contributed by atoms with Crippen LogP contribution < -0.4 is 25.8 Å². The van der Waals surface area contributed by atoms with E-state index < -0.39 is 11.9 Å². The van der Waals surface area contributed by atoms with Gasteiger partial charge < -0.3 is 15.4 Å². The van der Waals surface area contributed by atoms with Gasteiger partial charge in [0.05, 0.1) is 29.7 Å². The molecule has 0 unspecified atom stereocenters. The van der Waals surface area contributed by atoms with E-state index in [0.29, 0.717) is 23.4 Å². The van der Waals surface area contributed by atoms with E-state index in [-0.39, 0.29) is 17.4 Å². The first kappa shape index (κ1) is 26.9. The van der Waals surface area contributed by atoms with Crippen LogP contribution in [-0.2, 0) is 4.79 Å². The van der Waals surface area contributed by atoms with E-state index in [1.54, 1.807) is 60.6 Å². The van der Waals surface area contributed by atoms with Crippen molar-refractivity contribution in [2.24, 2.45) is 0 Å². The number of benzene rings is 4. The number of rotatable bonds is 10. The maximum absolute atomic E-state index is 13.4. The van der Waals surface area contributed by atoms with Crippen LogP contribution in [0.2, 0.25) is 0 Å². The highest BCUT2D eigenvalue weighted by molar-refractivity contribution is 6.09. The SMILES string of the molecule is CC[C@@H](NC(=O)c1ccccc1NC(=O)c1ccc(OC)cc1)C(=O)NN(c1ccccc1)c1ccccc1. The third kappa shape index (κ3) is 6.81. The van der Waals surface area contributed by atoms with E-state index in [1.807, 2.05) is 67.6 Å². The van der Waals surface area contributed by atoms with E-state index in [2.05, 4.69) is 16.1 Å². The van der Waals surface area contributed by atoms with Gasteiger partial charge in [0.15, 0.2) is 0 Å². The van der Waals surface area contributed by atoms with E-state index >= 15 is 0 Å². The first-order valence-electron chi connectivity index (χ1n) is 12.6. The molecule has 0 saturated heterocycles. The molecular formula is C31H30N4O4. The molecule has 4 rings (SSSR count). The van der Waals surface area contributed by atoms with Gasteiger partial charge in [0, 0.05) is 5.56 Å². The summed E-state index contributed by atoms with van der Waals surface area (Å²) in [5.74, 6) is -0.593. The maximum Gasteiger partial charge on any atom is 0.261 e. The first-order chi connectivity index (χ1) is 19.0. The van der Waals surface area contributed by atoms with E-state index in [4.69, 9.17) is 4.74 Å². The van der Waals surface area contributed by atoms with Crippen LogP contribution >= 0.6 is 0 Å². The number of anilines is 3. The predicted octanol–water partition coefficient (Wildman–Crippen LogP) is 5.33. The summed E-state index contributed by atoms with van der Waals surface area (Å²) in [6.45, 7) is 1.82. The number of amides is 3. The van der Waals surface area contributed by atoms with Gasteiger partial charge in [-0.15, -0.1) is 0 Å². The molecule has 0 saturated carbocycles. The summed E-state index contributed by atoms with van der Waals surface area (Å²) in [4.78, 5) is 39.5. The lowest BCUT2D eigenvalue weighted by atomic mass is 10.1. The lowest BCUT2D eigenvalue weighted by Crippen LogP contribution is -2.51. The number of carbonyl (C=O) groups is 3. The summed E-state index contributed by atoms with van der Waals surface area (Å²) in [5.41, 5.74) is 5.47. The average molecular weight is 523 g/mol. The molecule has 0 bridgehead atoms. The second-order valence-corrected chi connectivity index (χ2v) is 8.65. The van der Waals surface area contributed by atoms with Crippen LogP contribution in [0, 0.1) is 0 Å². The second-order valence-electron chi connectivity index (χ2n) is 8.65. The van der Waals surface area contributed by atoms with Gasteiger partial charge in [-0.2, -0.15) is 0 Å². The molecule has 4 aromatic rings. The van der Waals surface area contributed by atoms with Crippen LogP contribution in [0.3, 0.4) is 0 Å². The largest absolute Gasteiger partial charge is 0.497 e. The molecular weight excluding hydrogens is 492 g/mol. The minimum Gasteiger partial charge on any atom is -0.497 e. The lowest BCUT2D eigenvalue weighted by Gasteiger charge is -2.28. The zero-order valence-electron chi connectivity index (χ0n) is 21.8. The predicted molar refractivity (Wildman–Crippen MR) is 152 cm³/mol. The quantitative estimate of drug-likeness (QED) is 0.245. The average Bonchev–Trinajstić information content (AvgIpc) is 2.99. The molecule has 39 heavy (non-hydrogen) atoms. The van der Waals surface area contributed by atoms with Crippen molar-refractivity contribution in [1.82, 2.24) is 10.7 Å². The maximum atomic E-state index is 13.4. The number of ether oxygens (including phenoxy) is 1. The molecule has 0 heterocycles. The Hall–Kier alpha value is -5.11. The summed E-state index contributed by atoms with van der Waals surface area (Å²) in [5, 5.41) is 7.29. The zero-order valence-corrected chi connectivity index (χ0v) is 21.8. The fourth-order valence-corrected chi connectivity index (χ4v) is 3.94. The highest BCUT2D eigenvalue weighted by atomic mass is 16.5. The van der Waals surface area contributed by atoms with Crippen molar-refractivity contribution in [2.45, 2.75) is 19.4 Å². The van der Waals surface area contributed by atoms with Crippen LogP contribution in [0.1, 0.15) is 34.1 Å². The van der Waals surface area contributed by atoms with E-state index in [9.17, 15) is 14.4 Å². The Morgan fingerprint density at radius 3 is 1.87 bits per heavy atom. The minimum atomic E-state index is -0.822. The van der Waals surface area contributed by atoms with Gasteiger partial charge in [-0.3, -0.25) is 24.8 Å². The first-order valence-corrected chi connectivity index (χ1v) is 12.6. The Kier molecular flexibility index (Phi) is 8.92. The Bertz CT molecular complexity index is 1370. The molecule has 0 fully saturated rings. The molecule has 0 aliphatic rings. The Labute approximate surface area is 227 Å². The number of nitrogens with one attached hydrogen (secondary N) is 3. The molecule has 8 nitrogen and oxygen atoms in total. The zero-order chi connectivity index (χ0) is 27.6. The van der Waals surface area contributed by atoms with Crippen molar-refractivity contribution < 1.29 is 19.1 Å². The van der Waals surface area contributed by atoms with Gasteiger partial charge in [0.1, 0.15) is 11.8 Å².